The van der Waals surface area contributed by atoms with Gasteiger partial charge in [-0.2, -0.15) is 18.3 Å². The summed E-state index contributed by atoms with van der Waals surface area (Å²) < 4.78 is 52.2. The number of rotatable bonds is 7. The minimum Gasteiger partial charge on any atom is -0.334 e. The van der Waals surface area contributed by atoms with E-state index in [1.165, 1.54) is 42.6 Å². The van der Waals surface area contributed by atoms with Crippen LogP contribution in [0.25, 0.3) is 0 Å². The number of amides is 1. The Morgan fingerprint density at radius 3 is 2.65 bits per heavy atom. The molecule has 0 aliphatic carbocycles. The number of nitrogens with zero attached hydrogens (tertiary/aromatic N) is 4. The molecule has 1 amide bonds. The smallest absolute Gasteiger partial charge is 0.334 e. The Bertz CT molecular complexity index is 1080. The summed E-state index contributed by atoms with van der Waals surface area (Å²) in [5, 5.41) is 14.1. The largest absolute Gasteiger partial charge is 0.416 e. The third-order valence-corrected chi connectivity index (χ3v) is 4.66. The molecule has 2 aromatic carbocycles. The van der Waals surface area contributed by atoms with Gasteiger partial charge in [-0.1, -0.05) is 30.0 Å². The van der Waals surface area contributed by atoms with Gasteiger partial charge in [0.05, 0.1) is 17.5 Å². The SMILES string of the molecule is Nn1c(N/N=C/c2ccc(F)cc2)nnc1SCC(=O)Nc1cccc(C(F)(F)F)c1. The second-order valence-electron chi connectivity index (χ2n) is 6.01. The molecule has 0 fully saturated rings. The molecular weight excluding hydrogens is 438 g/mol. The van der Waals surface area contributed by atoms with Crippen molar-refractivity contribution in [3.63, 3.8) is 0 Å². The summed E-state index contributed by atoms with van der Waals surface area (Å²) in [5.41, 5.74) is 2.36. The van der Waals surface area contributed by atoms with Gasteiger partial charge in [0.1, 0.15) is 5.82 Å². The first-order chi connectivity index (χ1) is 14.7. The van der Waals surface area contributed by atoms with E-state index < -0.39 is 17.6 Å². The van der Waals surface area contributed by atoms with Gasteiger partial charge in [0.25, 0.3) is 5.95 Å². The van der Waals surface area contributed by atoms with Gasteiger partial charge in [0, 0.05) is 5.69 Å². The highest BCUT2D eigenvalue weighted by atomic mass is 32.2. The van der Waals surface area contributed by atoms with Gasteiger partial charge in [-0.25, -0.2) is 14.5 Å². The zero-order valence-corrected chi connectivity index (χ0v) is 16.4. The zero-order valence-electron chi connectivity index (χ0n) is 15.6. The highest BCUT2D eigenvalue weighted by molar-refractivity contribution is 7.99. The molecule has 1 aromatic heterocycles. The van der Waals surface area contributed by atoms with Gasteiger partial charge < -0.3 is 11.2 Å². The summed E-state index contributed by atoms with van der Waals surface area (Å²) in [6, 6.07) is 9.92. The maximum Gasteiger partial charge on any atom is 0.416 e. The number of carbonyl (C=O) groups is 1. The molecule has 0 aliphatic rings. The molecule has 8 nitrogen and oxygen atoms in total. The first-order valence-electron chi connectivity index (χ1n) is 8.57. The Labute approximate surface area is 177 Å². The quantitative estimate of drug-likeness (QED) is 0.166. The molecule has 0 radical (unpaired) electrons. The lowest BCUT2D eigenvalue weighted by Crippen LogP contribution is -2.17. The second-order valence-corrected chi connectivity index (χ2v) is 6.96. The summed E-state index contributed by atoms with van der Waals surface area (Å²) in [6.07, 6.45) is -3.09. The van der Waals surface area contributed by atoms with Crippen molar-refractivity contribution >= 4 is 35.5 Å². The molecule has 3 rings (SSSR count). The average molecular weight is 453 g/mol. The number of hydrogen-bond acceptors (Lipinski definition) is 7. The Morgan fingerprint density at radius 2 is 1.94 bits per heavy atom. The number of halogens is 4. The lowest BCUT2D eigenvalue weighted by molar-refractivity contribution is -0.137. The normalized spacial score (nSPS) is 11.6. The van der Waals surface area contributed by atoms with E-state index in [0.717, 1.165) is 28.6 Å². The minimum atomic E-state index is -4.51. The average Bonchev–Trinajstić information content (AvgIpc) is 3.07. The first kappa shape index (κ1) is 22.1. The van der Waals surface area contributed by atoms with E-state index in [1.807, 2.05) is 0 Å². The van der Waals surface area contributed by atoms with E-state index in [0.29, 0.717) is 5.56 Å². The molecule has 31 heavy (non-hydrogen) atoms. The highest BCUT2D eigenvalue weighted by Gasteiger charge is 2.30. The van der Waals surface area contributed by atoms with Crippen molar-refractivity contribution in [1.82, 2.24) is 14.9 Å². The second kappa shape index (κ2) is 9.47. The fourth-order valence-electron chi connectivity index (χ4n) is 2.27. The fourth-order valence-corrected chi connectivity index (χ4v) is 2.92. The van der Waals surface area contributed by atoms with Crippen LogP contribution >= 0.6 is 11.8 Å². The molecule has 0 bridgehead atoms. The first-order valence-corrected chi connectivity index (χ1v) is 9.56. The van der Waals surface area contributed by atoms with Crippen LogP contribution in [0.15, 0.2) is 58.8 Å². The van der Waals surface area contributed by atoms with Crippen LogP contribution in [0.2, 0.25) is 0 Å². The standard InChI is InChI=1S/C18H15F4N7OS/c19-13-6-4-11(5-7-13)9-24-26-16-27-28-17(29(16)23)31-10-15(30)25-14-3-1-2-12(8-14)18(20,21)22/h1-9H,10,23H2,(H,25,30)(H,26,27)/b24-9+. The van der Waals surface area contributed by atoms with Gasteiger partial charge in [-0.05, 0) is 35.9 Å². The number of benzene rings is 2. The van der Waals surface area contributed by atoms with E-state index in [1.54, 1.807) is 0 Å². The maximum atomic E-state index is 12.9. The number of thioether (sulfide) groups is 1. The number of anilines is 2. The molecule has 1 heterocycles. The zero-order chi connectivity index (χ0) is 22.4. The van der Waals surface area contributed by atoms with E-state index in [-0.39, 0.29) is 28.4 Å². The van der Waals surface area contributed by atoms with Crippen LogP contribution in [-0.4, -0.2) is 32.7 Å². The van der Waals surface area contributed by atoms with Crippen LogP contribution in [0.1, 0.15) is 11.1 Å². The Hall–Kier alpha value is -3.61. The van der Waals surface area contributed by atoms with Crippen molar-refractivity contribution in [3.05, 3.63) is 65.5 Å². The molecule has 0 unspecified atom stereocenters. The van der Waals surface area contributed by atoms with Crippen molar-refractivity contribution in [1.29, 1.82) is 0 Å². The van der Waals surface area contributed by atoms with Crippen LogP contribution in [0.5, 0.6) is 0 Å². The summed E-state index contributed by atoms with van der Waals surface area (Å²) in [6.45, 7) is 0. The Kier molecular flexibility index (Phi) is 6.74. The number of alkyl halides is 3. The number of aromatic nitrogens is 3. The summed E-state index contributed by atoms with van der Waals surface area (Å²) in [7, 11) is 0. The molecule has 3 aromatic rings. The number of nitrogens with two attached hydrogens (primary N) is 1. The van der Waals surface area contributed by atoms with Crippen molar-refractivity contribution in [2.75, 3.05) is 22.3 Å². The van der Waals surface area contributed by atoms with Gasteiger partial charge in [-0.15, -0.1) is 10.2 Å². The lowest BCUT2D eigenvalue weighted by atomic mass is 10.2. The molecule has 4 N–H and O–H groups in total. The van der Waals surface area contributed by atoms with Gasteiger partial charge in [0.15, 0.2) is 0 Å². The molecule has 162 valence electrons. The molecule has 0 saturated heterocycles. The highest BCUT2D eigenvalue weighted by Crippen LogP contribution is 2.30. The van der Waals surface area contributed by atoms with Crippen LogP contribution in [0, 0.1) is 5.82 Å². The van der Waals surface area contributed by atoms with E-state index >= 15 is 0 Å². The number of nitrogens with one attached hydrogen (secondary N) is 2. The third kappa shape index (κ3) is 6.18. The minimum absolute atomic E-state index is 0.0205. The molecular formula is C18H15F4N7OS. The molecule has 0 atom stereocenters. The van der Waals surface area contributed by atoms with Crippen LogP contribution in [-0.2, 0) is 11.0 Å². The monoisotopic (exact) mass is 453 g/mol. The fraction of sp³-hybridized carbons (Fsp3) is 0.111. The number of nitrogen functional groups attached to an aromatic ring is 1. The van der Waals surface area contributed by atoms with E-state index in [2.05, 4.69) is 26.0 Å². The predicted octanol–water partition coefficient (Wildman–Crippen LogP) is 3.33. The van der Waals surface area contributed by atoms with E-state index in [9.17, 15) is 22.4 Å². The topological polar surface area (TPSA) is 110 Å². The molecule has 0 saturated carbocycles. The van der Waals surface area contributed by atoms with Crippen molar-refractivity contribution in [2.24, 2.45) is 5.10 Å². The van der Waals surface area contributed by atoms with Crippen molar-refractivity contribution < 1.29 is 22.4 Å². The van der Waals surface area contributed by atoms with E-state index in [4.69, 9.17) is 5.84 Å². The van der Waals surface area contributed by atoms with Gasteiger partial charge in [-0.3, -0.25) is 4.79 Å². The predicted molar refractivity (Wildman–Crippen MR) is 109 cm³/mol. The summed E-state index contributed by atoms with van der Waals surface area (Å²) in [4.78, 5) is 12.0. The van der Waals surface area contributed by atoms with Gasteiger partial charge >= 0.3 is 6.18 Å². The maximum absolute atomic E-state index is 12.9. The summed E-state index contributed by atoms with van der Waals surface area (Å²) >= 11 is 0.933. The van der Waals surface area contributed by atoms with Crippen molar-refractivity contribution in [2.45, 2.75) is 11.3 Å². The molecule has 0 spiro atoms. The van der Waals surface area contributed by atoms with Crippen LogP contribution < -0.4 is 16.6 Å². The molecule has 13 heteroatoms. The molecule has 0 aliphatic heterocycles. The third-order valence-electron chi connectivity index (χ3n) is 3.72. The number of carbonyl (C=O) groups excluding carboxylic acids is 1. The Morgan fingerprint density at radius 1 is 1.19 bits per heavy atom. The van der Waals surface area contributed by atoms with Crippen LogP contribution in [0.3, 0.4) is 0 Å². The summed E-state index contributed by atoms with van der Waals surface area (Å²) in [5.74, 6) is 4.84. The number of hydrazone groups is 1. The lowest BCUT2D eigenvalue weighted by Gasteiger charge is -2.09. The van der Waals surface area contributed by atoms with Crippen molar-refractivity contribution in [3.8, 4) is 0 Å². The van der Waals surface area contributed by atoms with Crippen LogP contribution in [0.4, 0.5) is 29.2 Å². The number of hydrogen-bond donors (Lipinski definition) is 3. The Balaban J connectivity index is 1.53. The van der Waals surface area contributed by atoms with Gasteiger partial charge in [0.2, 0.25) is 11.1 Å².